The molecule has 2 aromatic heterocycles. The number of imidazole rings is 1. The van der Waals surface area contributed by atoms with Gasteiger partial charge in [-0.2, -0.15) is 4.98 Å². The van der Waals surface area contributed by atoms with Gasteiger partial charge in [0.15, 0.2) is 18.0 Å². The highest BCUT2D eigenvalue weighted by atomic mass is 16.7. The second kappa shape index (κ2) is 5.49. The van der Waals surface area contributed by atoms with Crippen LogP contribution in [-0.4, -0.2) is 33.0 Å². The third kappa shape index (κ3) is 2.46. The van der Waals surface area contributed by atoms with E-state index in [1.54, 1.807) is 0 Å². The molecule has 0 saturated heterocycles. The van der Waals surface area contributed by atoms with Crippen molar-refractivity contribution in [2.45, 2.75) is 20.4 Å². The molecule has 2 heterocycles. The number of methoxy groups -OCH3 is 1. The van der Waals surface area contributed by atoms with Crippen molar-refractivity contribution < 1.29 is 9.47 Å². The van der Waals surface area contributed by atoms with Gasteiger partial charge in [0.05, 0.1) is 0 Å². The Balaban J connectivity index is 2.66. The number of hydrogen-bond acceptors (Lipinski definition) is 5. The molecule has 110 valence electrons. The fraction of sp³-hybridized carbons (Fsp3) is 0.583. The topological polar surface area (TPSA) is 91.1 Å². The smallest absolute Gasteiger partial charge is 0.332 e. The molecule has 8 heteroatoms. The number of nitrogens with zero attached hydrogens (tertiary/aromatic N) is 3. The number of aromatic nitrogens is 4. The minimum Gasteiger partial charge on any atom is -0.438 e. The van der Waals surface area contributed by atoms with Crippen LogP contribution in [0.25, 0.3) is 11.2 Å². The van der Waals surface area contributed by atoms with E-state index in [9.17, 15) is 9.59 Å². The summed E-state index contributed by atoms with van der Waals surface area (Å²) in [6, 6.07) is 0.155. The van der Waals surface area contributed by atoms with Gasteiger partial charge in [-0.05, 0) is 5.92 Å². The zero-order valence-electron chi connectivity index (χ0n) is 12.0. The second-order valence-corrected chi connectivity index (χ2v) is 4.94. The molecule has 0 aliphatic carbocycles. The minimum absolute atomic E-state index is 0.00848. The number of fused-ring (bicyclic) bond motifs is 1. The van der Waals surface area contributed by atoms with Crippen molar-refractivity contribution >= 4 is 11.2 Å². The van der Waals surface area contributed by atoms with Gasteiger partial charge >= 0.3 is 5.69 Å². The maximum Gasteiger partial charge on any atom is 0.332 e. The zero-order chi connectivity index (χ0) is 14.9. The van der Waals surface area contributed by atoms with Gasteiger partial charge in [-0.25, -0.2) is 4.79 Å². The van der Waals surface area contributed by atoms with E-state index in [-0.39, 0.29) is 29.9 Å². The van der Waals surface area contributed by atoms with Crippen molar-refractivity contribution in [1.29, 1.82) is 0 Å². The molecule has 0 fully saturated rings. The van der Waals surface area contributed by atoms with E-state index in [1.165, 1.54) is 18.7 Å². The van der Waals surface area contributed by atoms with Crippen LogP contribution in [0.15, 0.2) is 9.59 Å². The lowest BCUT2D eigenvalue weighted by Gasteiger charge is -2.10. The number of ether oxygens (including phenoxy) is 2. The summed E-state index contributed by atoms with van der Waals surface area (Å²) in [6.45, 7) is 4.45. The molecule has 0 aliphatic heterocycles. The highest BCUT2D eigenvalue weighted by molar-refractivity contribution is 5.70. The SMILES string of the molecule is COCOc1nc2c([nH]1)c(=O)n(C)c(=O)n2CC(C)C. The van der Waals surface area contributed by atoms with Gasteiger partial charge in [-0.1, -0.05) is 13.8 Å². The maximum absolute atomic E-state index is 12.2. The Labute approximate surface area is 115 Å². The van der Waals surface area contributed by atoms with E-state index in [0.29, 0.717) is 12.2 Å². The van der Waals surface area contributed by atoms with Crippen molar-refractivity contribution in [2.75, 3.05) is 13.9 Å². The predicted octanol–water partition coefficient (Wildman–Crippen LogP) is 0.0620. The predicted molar refractivity (Wildman–Crippen MR) is 72.9 cm³/mol. The molecule has 0 saturated carbocycles. The van der Waals surface area contributed by atoms with Crippen LogP contribution in [0.1, 0.15) is 13.8 Å². The number of H-pyrrole nitrogens is 1. The van der Waals surface area contributed by atoms with Crippen LogP contribution in [0.4, 0.5) is 0 Å². The number of nitrogens with one attached hydrogen (secondary N) is 1. The average Bonchev–Trinajstić information content (AvgIpc) is 2.82. The standard InChI is InChI=1S/C12H18N4O4/c1-7(2)5-16-9-8(10(17)15(3)12(16)18)13-11(14-9)20-6-19-4/h7H,5-6H2,1-4H3,(H,13,14). The number of rotatable bonds is 5. The lowest BCUT2D eigenvalue weighted by molar-refractivity contribution is 0.0451. The molecule has 0 unspecified atom stereocenters. The number of aromatic amines is 1. The zero-order valence-corrected chi connectivity index (χ0v) is 12.0. The van der Waals surface area contributed by atoms with Gasteiger partial charge in [0, 0.05) is 20.7 Å². The molecule has 0 radical (unpaired) electrons. The van der Waals surface area contributed by atoms with E-state index in [0.717, 1.165) is 4.57 Å². The Morgan fingerprint density at radius 1 is 1.35 bits per heavy atom. The molecule has 2 aromatic rings. The van der Waals surface area contributed by atoms with Gasteiger partial charge in [-0.3, -0.25) is 13.9 Å². The first-order valence-electron chi connectivity index (χ1n) is 6.27. The fourth-order valence-electron chi connectivity index (χ4n) is 1.93. The molecule has 1 N–H and O–H groups in total. The van der Waals surface area contributed by atoms with Crippen LogP contribution >= 0.6 is 0 Å². The summed E-state index contributed by atoms with van der Waals surface area (Å²) >= 11 is 0. The number of hydrogen-bond donors (Lipinski definition) is 1. The van der Waals surface area contributed by atoms with E-state index >= 15 is 0 Å². The molecule has 0 aromatic carbocycles. The van der Waals surface area contributed by atoms with Crippen molar-refractivity contribution in [1.82, 2.24) is 19.1 Å². The van der Waals surface area contributed by atoms with Gasteiger partial charge in [0.1, 0.15) is 0 Å². The van der Waals surface area contributed by atoms with E-state index in [1.807, 2.05) is 13.8 Å². The molecule has 0 amide bonds. The van der Waals surface area contributed by atoms with Crippen LogP contribution < -0.4 is 16.0 Å². The molecular formula is C12H18N4O4. The maximum atomic E-state index is 12.2. The first-order valence-corrected chi connectivity index (χ1v) is 6.27. The van der Waals surface area contributed by atoms with Crippen molar-refractivity contribution in [3.8, 4) is 6.01 Å². The summed E-state index contributed by atoms with van der Waals surface area (Å²) in [7, 11) is 2.92. The second-order valence-electron chi connectivity index (χ2n) is 4.94. The van der Waals surface area contributed by atoms with Crippen LogP contribution in [0.5, 0.6) is 6.01 Å². The Bertz CT molecular complexity index is 725. The Kier molecular flexibility index (Phi) is 3.93. The van der Waals surface area contributed by atoms with E-state index in [4.69, 9.17) is 9.47 Å². The lowest BCUT2D eigenvalue weighted by atomic mass is 10.2. The summed E-state index contributed by atoms with van der Waals surface area (Å²) in [5, 5.41) is 0. The summed E-state index contributed by atoms with van der Waals surface area (Å²) in [4.78, 5) is 31.2. The van der Waals surface area contributed by atoms with Crippen LogP contribution in [0.3, 0.4) is 0 Å². The normalized spacial score (nSPS) is 11.4. The molecule has 2 rings (SSSR count). The third-order valence-electron chi connectivity index (χ3n) is 2.82. The highest BCUT2D eigenvalue weighted by Gasteiger charge is 2.16. The fourth-order valence-corrected chi connectivity index (χ4v) is 1.93. The van der Waals surface area contributed by atoms with E-state index < -0.39 is 5.56 Å². The Morgan fingerprint density at radius 2 is 2.05 bits per heavy atom. The van der Waals surface area contributed by atoms with Gasteiger partial charge in [-0.15, -0.1) is 0 Å². The average molecular weight is 282 g/mol. The Morgan fingerprint density at radius 3 is 2.65 bits per heavy atom. The molecule has 8 nitrogen and oxygen atoms in total. The van der Waals surface area contributed by atoms with Crippen molar-refractivity contribution in [3.05, 3.63) is 20.8 Å². The first-order chi connectivity index (χ1) is 9.45. The summed E-state index contributed by atoms with van der Waals surface area (Å²) < 4.78 is 12.5. The monoisotopic (exact) mass is 282 g/mol. The van der Waals surface area contributed by atoms with E-state index in [2.05, 4.69) is 9.97 Å². The molecule has 0 atom stereocenters. The molecule has 20 heavy (non-hydrogen) atoms. The molecule has 0 aliphatic rings. The van der Waals surface area contributed by atoms with Gasteiger partial charge < -0.3 is 14.5 Å². The molecular weight excluding hydrogens is 264 g/mol. The quantitative estimate of drug-likeness (QED) is 0.783. The van der Waals surface area contributed by atoms with Crippen molar-refractivity contribution in [2.24, 2.45) is 13.0 Å². The van der Waals surface area contributed by atoms with Crippen molar-refractivity contribution in [3.63, 3.8) is 0 Å². The third-order valence-corrected chi connectivity index (χ3v) is 2.82. The Hall–Kier alpha value is -2.09. The first kappa shape index (κ1) is 14.3. The summed E-state index contributed by atoms with van der Waals surface area (Å²) in [5.74, 6) is 0.244. The largest absolute Gasteiger partial charge is 0.438 e. The molecule has 0 spiro atoms. The van der Waals surface area contributed by atoms with Crippen LogP contribution in [-0.2, 0) is 18.3 Å². The highest BCUT2D eigenvalue weighted by Crippen LogP contribution is 2.12. The van der Waals surface area contributed by atoms with Gasteiger partial charge in [0.25, 0.3) is 11.6 Å². The van der Waals surface area contributed by atoms with Crippen LogP contribution in [0, 0.1) is 5.92 Å². The minimum atomic E-state index is -0.426. The van der Waals surface area contributed by atoms with Gasteiger partial charge in [0.2, 0.25) is 0 Å². The molecule has 0 bridgehead atoms. The summed E-state index contributed by atoms with van der Waals surface area (Å²) in [5.41, 5.74) is -0.262. The van der Waals surface area contributed by atoms with Crippen LogP contribution in [0.2, 0.25) is 0 Å². The summed E-state index contributed by atoms with van der Waals surface area (Å²) in [6.07, 6.45) is 0. The lowest BCUT2D eigenvalue weighted by Crippen LogP contribution is -2.38.